The maximum atomic E-state index is 13.2. The minimum atomic E-state index is -1.04. The molecule has 0 bridgehead atoms. The number of ether oxygens (including phenoxy) is 1. The Bertz CT molecular complexity index is 953. The van der Waals surface area contributed by atoms with Crippen LogP contribution in [0.3, 0.4) is 0 Å². The number of aliphatic carboxylic acids is 1. The summed E-state index contributed by atoms with van der Waals surface area (Å²) < 4.78 is 10.4. The lowest BCUT2D eigenvalue weighted by atomic mass is 10.0. The molecular weight excluding hydrogens is 390 g/mol. The second kappa shape index (κ2) is 6.35. The molecule has 2 aromatic rings. The van der Waals surface area contributed by atoms with Crippen molar-refractivity contribution in [1.82, 2.24) is 4.90 Å². The highest BCUT2D eigenvalue weighted by atomic mass is 35.5. The van der Waals surface area contributed by atoms with E-state index in [0.717, 1.165) is 0 Å². The molecule has 1 amide bonds. The predicted molar refractivity (Wildman–Crippen MR) is 101 cm³/mol. The van der Waals surface area contributed by atoms with E-state index in [2.05, 4.69) is 0 Å². The van der Waals surface area contributed by atoms with Crippen LogP contribution in [0, 0.1) is 0 Å². The number of thioether (sulfide) groups is 1. The minimum Gasteiger partial charge on any atom is -0.480 e. The van der Waals surface area contributed by atoms with Gasteiger partial charge in [-0.1, -0.05) is 17.7 Å². The number of amides is 1. The Morgan fingerprint density at radius 1 is 1.37 bits per heavy atom. The van der Waals surface area contributed by atoms with Crippen molar-refractivity contribution in [3.05, 3.63) is 59.2 Å². The van der Waals surface area contributed by atoms with Crippen LogP contribution in [-0.2, 0) is 9.59 Å². The van der Waals surface area contributed by atoms with Gasteiger partial charge in [-0.15, -0.1) is 11.8 Å². The summed E-state index contributed by atoms with van der Waals surface area (Å²) >= 11 is 7.43. The summed E-state index contributed by atoms with van der Waals surface area (Å²) in [5.74, 6) is -0.998. The van der Waals surface area contributed by atoms with Gasteiger partial charge in [0.1, 0.15) is 17.2 Å². The van der Waals surface area contributed by atoms with Gasteiger partial charge in [-0.3, -0.25) is 4.79 Å². The molecule has 140 valence electrons. The second-order valence-electron chi connectivity index (χ2n) is 6.84. The molecule has 1 fully saturated rings. The summed E-state index contributed by atoms with van der Waals surface area (Å²) in [5.41, 5.74) is 1.29. The summed E-state index contributed by atoms with van der Waals surface area (Å²) in [4.78, 5) is 26.5. The van der Waals surface area contributed by atoms with E-state index in [-0.39, 0.29) is 5.76 Å². The second-order valence-corrected chi connectivity index (χ2v) is 9.01. The highest BCUT2D eigenvalue weighted by Crippen LogP contribution is 2.53. The van der Waals surface area contributed by atoms with Crippen LogP contribution in [0.1, 0.15) is 19.4 Å². The molecule has 8 heteroatoms. The largest absolute Gasteiger partial charge is 0.480 e. The number of rotatable bonds is 4. The number of carbonyl (C=O) groups excluding carboxylic acids is 1. The molecule has 2 atom stereocenters. The number of carboxylic acid groups (broad SMARTS) is 1. The first-order valence-corrected chi connectivity index (χ1v) is 9.49. The van der Waals surface area contributed by atoms with Crippen LogP contribution >= 0.6 is 23.4 Å². The van der Waals surface area contributed by atoms with Crippen molar-refractivity contribution in [2.24, 2.45) is 0 Å². The highest BCUT2D eigenvalue weighted by Gasteiger charge is 2.59. The Kier molecular flexibility index (Phi) is 4.24. The van der Waals surface area contributed by atoms with E-state index < -0.39 is 28.0 Å². The van der Waals surface area contributed by atoms with Crippen molar-refractivity contribution in [3.8, 4) is 5.75 Å². The topological polar surface area (TPSA) is 80.0 Å². The van der Waals surface area contributed by atoms with Crippen LogP contribution in [-0.4, -0.2) is 38.0 Å². The van der Waals surface area contributed by atoms with Crippen LogP contribution in [0.2, 0.25) is 5.02 Å². The quantitative estimate of drug-likeness (QED) is 0.831. The summed E-state index contributed by atoms with van der Waals surface area (Å²) in [6, 6.07) is 7.47. The molecule has 0 aliphatic carbocycles. The standard InChI is InChI=1S/C19H16ClNO5S/c1-19(2)15(18(23)24)21-16(22)14(26-12-5-3-4-11(20)8-12)13(17(21)27-19)10-6-7-25-9-10/h3-9,15,17H,1-2H3,(H,23,24)/t15-,17+/m0/s1. The summed E-state index contributed by atoms with van der Waals surface area (Å²) in [6.07, 6.45) is 3.03. The van der Waals surface area contributed by atoms with E-state index in [0.29, 0.717) is 21.9 Å². The van der Waals surface area contributed by atoms with E-state index in [1.807, 2.05) is 13.8 Å². The molecule has 27 heavy (non-hydrogen) atoms. The van der Waals surface area contributed by atoms with E-state index in [1.54, 1.807) is 30.3 Å². The Morgan fingerprint density at radius 2 is 2.15 bits per heavy atom. The number of benzene rings is 1. The molecule has 1 aromatic carbocycles. The normalized spacial score (nSPS) is 23.7. The molecule has 2 aliphatic rings. The fourth-order valence-corrected chi connectivity index (χ4v) is 5.29. The molecule has 0 unspecified atom stereocenters. The maximum absolute atomic E-state index is 13.2. The van der Waals surface area contributed by atoms with Gasteiger partial charge in [0, 0.05) is 20.9 Å². The molecule has 0 radical (unpaired) electrons. The number of carbonyl (C=O) groups is 2. The molecule has 1 saturated heterocycles. The molecule has 1 N–H and O–H groups in total. The highest BCUT2D eigenvalue weighted by molar-refractivity contribution is 8.02. The zero-order valence-corrected chi connectivity index (χ0v) is 16.1. The lowest BCUT2D eigenvalue weighted by molar-refractivity contribution is -0.148. The van der Waals surface area contributed by atoms with Gasteiger partial charge >= 0.3 is 5.97 Å². The Balaban J connectivity index is 1.82. The first-order valence-electron chi connectivity index (χ1n) is 8.23. The molecule has 4 rings (SSSR count). The number of carboxylic acids is 1. The van der Waals surface area contributed by atoms with Gasteiger partial charge in [0.25, 0.3) is 5.91 Å². The number of fused-ring (bicyclic) bond motifs is 1. The molecule has 1 aromatic heterocycles. The number of furan rings is 1. The number of hydrogen-bond donors (Lipinski definition) is 1. The zero-order valence-electron chi connectivity index (χ0n) is 14.5. The Labute approximate surface area is 164 Å². The van der Waals surface area contributed by atoms with Gasteiger partial charge in [-0.05, 0) is 38.1 Å². The number of nitrogens with zero attached hydrogens (tertiary/aromatic N) is 1. The van der Waals surface area contributed by atoms with Gasteiger partial charge in [-0.2, -0.15) is 0 Å². The Morgan fingerprint density at radius 3 is 2.78 bits per heavy atom. The SMILES string of the molecule is CC1(C)S[C@@H]2C(c3ccoc3)=C(Oc3cccc(Cl)c3)C(=O)N2[C@H]1C(=O)O. The minimum absolute atomic E-state index is 0.0953. The average molecular weight is 406 g/mol. The third-order valence-electron chi connectivity index (χ3n) is 4.61. The molecule has 6 nitrogen and oxygen atoms in total. The van der Waals surface area contributed by atoms with Crippen molar-refractivity contribution < 1.29 is 23.8 Å². The maximum Gasteiger partial charge on any atom is 0.327 e. The van der Waals surface area contributed by atoms with Crippen LogP contribution in [0.4, 0.5) is 0 Å². The van der Waals surface area contributed by atoms with Crippen LogP contribution in [0.5, 0.6) is 5.75 Å². The van der Waals surface area contributed by atoms with Crippen molar-refractivity contribution >= 4 is 40.8 Å². The van der Waals surface area contributed by atoms with Crippen molar-refractivity contribution in [2.45, 2.75) is 30.0 Å². The van der Waals surface area contributed by atoms with Crippen LogP contribution < -0.4 is 4.74 Å². The summed E-state index contributed by atoms with van der Waals surface area (Å²) in [5, 5.41) is 9.74. The fraction of sp³-hybridized carbons (Fsp3) is 0.263. The van der Waals surface area contributed by atoms with Crippen molar-refractivity contribution in [3.63, 3.8) is 0 Å². The zero-order chi connectivity index (χ0) is 19.3. The molecular formula is C19H16ClNO5S. The molecule has 0 saturated carbocycles. The van der Waals surface area contributed by atoms with Crippen molar-refractivity contribution in [1.29, 1.82) is 0 Å². The first kappa shape index (κ1) is 18.0. The lowest BCUT2D eigenvalue weighted by Crippen LogP contribution is -2.49. The van der Waals surface area contributed by atoms with E-state index >= 15 is 0 Å². The molecule has 0 spiro atoms. The smallest absolute Gasteiger partial charge is 0.327 e. The monoisotopic (exact) mass is 405 g/mol. The van der Waals surface area contributed by atoms with Gasteiger partial charge in [-0.25, -0.2) is 4.79 Å². The fourth-order valence-electron chi connectivity index (χ4n) is 3.50. The van der Waals surface area contributed by atoms with Gasteiger partial charge in [0.05, 0.1) is 12.5 Å². The number of halogens is 1. The van der Waals surface area contributed by atoms with Crippen molar-refractivity contribution in [2.75, 3.05) is 0 Å². The molecule has 2 aliphatic heterocycles. The average Bonchev–Trinajstić information content (AvgIpc) is 3.24. The van der Waals surface area contributed by atoms with Gasteiger partial charge in [0.2, 0.25) is 0 Å². The van der Waals surface area contributed by atoms with E-state index in [9.17, 15) is 14.7 Å². The third kappa shape index (κ3) is 2.91. The first-order chi connectivity index (χ1) is 12.8. The number of hydrogen-bond acceptors (Lipinski definition) is 5. The van der Waals surface area contributed by atoms with E-state index in [4.69, 9.17) is 20.8 Å². The summed E-state index contributed by atoms with van der Waals surface area (Å²) in [6.45, 7) is 3.65. The third-order valence-corrected chi connectivity index (χ3v) is 6.36. The van der Waals surface area contributed by atoms with E-state index in [1.165, 1.54) is 29.2 Å². The summed E-state index contributed by atoms with van der Waals surface area (Å²) in [7, 11) is 0. The van der Waals surface area contributed by atoms with Gasteiger partial charge < -0.3 is 19.2 Å². The van der Waals surface area contributed by atoms with Gasteiger partial charge in [0.15, 0.2) is 5.76 Å². The van der Waals surface area contributed by atoms with Crippen LogP contribution in [0.15, 0.2) is 53.0 Å². The predicted octanol–water partition coefficient (Wildman–Crippen LogP) is 3.87. The molecule has 3 heterocycles. The lowest BCUT2D eigenvalue weighted by Gasteiger charge is -2.26. The Hall–Kier alpha value is -2.38. The van der Waals surface area contributed by atoms with Crippen LogP contribution in [0.25, 0.3) is 5.57 Å².